The van der Waals surface area contributed by atoms with E-state index in [2.05, 4.69) is 12.2 Å². The number of piperazine rings is 1. The van der Waals surface area contributed by atoms with Gasteiger partial charge in [0.05, 0.1) is 4.90 Å². The van der Waals surface area contributed by atoms with Crippen molar-refractivity contribution in [1.82, 2.24) is 14.5 Å². The number of benzene rings is 1. The number of hydrogen-bond acceptors (Lipinski definition) is 5. The van der Waals surface area contributed by atoms with Crippen LogP contribution in [0.2, 0.25) is 0 Å². The highest BCUT2D eigenvalue weighted by atomic mass is 32.2. The highest BCUT2D eigenvalue weighted by molar-refractivity contribution is 7.89. The van der Waals surface area contributed by atoms with Gasteiger partial charge in [-0.2, -0.15) is 4.31 Å². The Labute approximate surface area is 160 Å². The molecule has 0 radical (unpaired) electrons. The molecular formula is C17H25N3O4S2. The molecule has 3 rings (SSSR count). The van der Waals surface area contributed by atoms with E-state index in [0.29, 0.717) is 56.0 Å². The van der Waals surface area contributed by atoms with Gasteiger partial charge in [-0.15, -0.1) is 0 Å². The van der Waals surface area contributed by atoms with Gasteiger partial charge in [0.1, 0.15) is 13.2 Å². The molecule has 0 saturated carbocycles. The van der Waals surface area contributed by atoms with Gasteiger partial charge >= 0.3 is 0 Å². The lowest BCUT2D eigenvalue weighted by atomic mass is 10.3. The molecule has 0 aromatic heterocycles. The van der Waals surface area contributed by atoms with Crippen LogP contribution in [-0.4, -0.2) is 68.7 Å². The van der Waals surface area contributed by atoms with Crippen molar-refractivity contribution in [2.24, 2.45) is 0 Å². The number of unbranched alkanes of at least 4 members (excludes halogenated alkanes) is 1. The molecule has 144 valence electrons. The zero-order valence-corrected chi connectivity index (χ0v) is 16.6. The largest absolute Gasteiger partial charge is 0.486 e. The van der Waals surface area contributed by atoms with Crippen LogP contribution in [0.4, 0.5) is 0 Å². The fourth-order valence-corrected chi connectivity index (χ4v) is 4.67. The molecule has 0 amide bonds. The van der Waals surface area contributed by atoms with Crippen molar-refractivity contribution in [1.29, 1.82) is 0 Å². The third kappa shape index (κ3) is 4.21. The maximum atomic E-state index is 12.9. The summed E-state index contributed by atoms with van der Waals surface area (Å²) in [5.41, 5.74) is 0. The number of rotatable bonds is 5. The van der Waals surface area contributed by atoms with Crippen LogP contribution >= 0.6 is 12.2 Å². The first-order valence-corrected chi connectivity index (χ1v) is 10.8. The van der Waals surface area contributed by atoms with Gasteiger partial charge < -0.3 is 19.7 Å². The fourth-order valence-electron chi connectivity index (χ4n) is 2.95. The van der Waals surface area contributed by atoms with Crippen LogP contribution in [0.5, 0.6) is 11.5 Å². The second-order valence-corrected chi connectivity index (χ2v) is 8.61. The molecule has 0 bridgehead atoms. The Balaban J connectivity index is 1.62. The van der Waals surface area contributed by atoms with Crippen LogP contribution in [-0.2, 0) is 10.0 Å². The van der Waals surface area contributed by atoms with Gasteiger partial charge in [-0.25, -0.2) is 8.42 Å². The zero-order chi connectivity index (χ0) is 18.6. The molecule has 0 aliphatic carbocycles. The Bertz CT molecular complexity index is 746. The van der Waals surface area contributed by atoms with Crippen molar-refractivity contribution in [3.8, 4) is 11.5 Å². The lowest BCUT2D eigenvalue weighted by Gasteiger charge is -2.35. The van der Waals surface area contributed by atoms with E-state index in [4.69, 9.17) is 21.7 Å². The Hall–Kier alpha value is -1.58. The van der Waals surface area contributed by atoms with Crippen molar-refractivity contribution in [2.45, 2.75) is 24.7 Å². The maximum absolute atomic E-state index is 12.9. The fraction of sp³-hybridized carbons (Fsp3) is 0.588. The third-order valence-electron chi connectivity index (χ3n) is 4.48. The van der Waals surface area contributed by atoms with Gasteiger partial charge in [0, 0.05) is 38.8 Å². The predicted molar refractivity (Wildman–Crippen MR) is 103 cm³/mol. The minimum atomic E-state index is -3.56. The van der Waals surface area contributed by atoms with Gasteiger partial charge in [0.2, 0.25) is 10.0 Å². The van der Waals surface area contributed by atoms with Crippen molar-refractivity contribution < 1.29 is 17.9 Å². The summed E-state index contributed by atoms with van der Waals surface area (Å²) in [5.74, 6) is 1.07. The number of hydrogen-bond donors (Lipinski definition) is 1. The van der Waals surface area contributed by atoms with Gasteiger partial charge in [0.25, 0.3) is 0 Å². The Morgan fingerprint density at radius 1 is 1.15 bits per heavy atom. The molecule has 26 heavy (non-hydrogen) atoms. The molecule has 0 spiro atoms. The number of fused-ring (bicyclic) bond motifs is 1. The van der Waals surface area contributed by atoms with Crippen LogP contribution in [0, 0.1) is 0 Å². The molecule has 0 atom stereocenters. The van der Waals surface area contributed by atoms with Crippen LogP contribution in [0.3, 0.4) is 0 Å². The number of sulfonamides is 1. The average Bonchev–Trinajstić information content (AvgIpc) is 2.67. The highest BCUT2D eigenvalue weighted by Gasteiger charge is 2.30. The molecule has 7 nitrogen and oxygen atoms in total. The van der Waals surface area contributed by atoms with E-state index >= 15 is 0 Å². The second kappa shape index (κ2) is 8.41. The van der Waals surface area contributed by atoms with Gasteiger partial charge in [-0.1, -0.05) is 13.3 Å². The number of ether oxygens (including phenoxy) is 2. The molecule has 1 aromatic carbocycles. The van der Waals surface area contributed by atoms with E-state index in [-0.39, 0.29) is 4.90 Å². The van der Waals surface area contributed by atoms with E-state index in [9.17, 15) is 8.42 Å². The normalized spacial score (nSPS) is 17.8. The summed E-state index contributed by atoms with van der Waals surface area (Å²) in [6, 6.07) is 4.78. The summed E-state index contributed by atoms with van der Waals surface area (Å²) in [5, 5.41) is 3.94. The third-order valence-corrected chi connectivity index (χ3v) is 6.78. The Kier molecular flexibility index (Phi) is 6.20. The summed E-state index contributed by atoms with van der Waals surface area (Å²) in [7, 11) is -3.56. The van der Waals surface area contributed by atoms with E-state index in [1.165, 1.54) is 4.31 Å². The molecular weight excluding hydrogens is 374 g/mol. The monoisotopic (exact) mass is 399 g/mol. The minimum Gasteiger partial charge on any atom is -0.486 e. The summed E-state index contributed by atoms with van der Waals surface area (Å²) < 4.78 is 38.3. The van der Waals surface area contributed by atoms with Gasteiger partial charge in [-0.05, 0) is 30.8 Å². The van der Waals surface area contributed by atoms with Crippen molar-refractivity contribution in [2.75, 3.05) is 45.9 Å². The molecule has 2 aliphatic rings. The van der Waals surface area contributed by atoms with Gasteiger partial charge in [0.15, 0.2) is 16.6 Å². The summed E-state index contributed by atoms with van der Waals surface area (Å²) in [4.78, 5) is 2.26. The summed E-state index contributed by atoms with van der Waals surface area (Å²) in [6.45, 7) is 5.88. The Morgan fingerprint density at radius 2 is 1.85 bits per heavy atom. The lowest BCUT2D eigenvalue weighted by Crippen LogP contribution is -2.53. The molecule has 1 N–H and O–H groups in total. The molecule has 9 heteroatoms. The van der Waals surface area contributed by atoms with Crippen LogP contribution in [0.1, 0.15) is 19.8 Å². The molecule has 2 aliphatic heterocycles. The van der Waals surface area contributed by atoms with Crippen molar-refractivity contribution in [3.05, 3.63) is 18.2 Å². The first kappa shape index (κ1) is 19.2. The van der Waals surface area contributed by atoms with Crippen LogP contribution < -0.4 is 14.8 Å². The van der Waals surface area contributed by atoms with Gasteiger partial charge in [-0.3, -0.25) is 0 Å². The number of nitrogens with one attached hydrogen (secondary N) is 1. The highest BCUT2D eigenvalue weighted by Crippen LogP contribution is 2.33. The standard InChI is InChI=1S/C17H25N3O4S2/c1-2-3-6-18-17(25)19-7-9-20(10-8-19)26(21,22)14-4-5-15-16(13-14)24-12-11-23-15/h4-5,13H,2-3,6-12H2,1H3,(H,18,25). The Morgan fingerprint density at radius 3 is 2.54 bits per heavy atom. The van der Waals surface area contributed by atoms with Crippen LogP contribution in [0.15, 0.2) is 23.1 Å². The maximum Gasteiger partial charge on any atom is 0.243 e. The minimum absolute atomic E-state index is 0.235. The predicted octanol–water partition coefficient (Wildman–Crippen LogP) is 1.44. The topological polar surface area (TPSA) is 71.1 Å². The lowest BCUT2D eigenvalue weighted by molar-refractivity contribution is 0.171. The smallest absolute Gasteiger partial charge is 0.243 e. The zero-order valence-electron chi connectivity index (χ0n) is 14.9. The van der Waals surface area contributed by atoms with E-state index in [1.807, 2.05) is 4.90 Å². The first-order chi connectivity index (χ1) is 12.5. The van der Waals surface area contributed by atoms with E-state index < -0.39 is 10.0 Å². The molecule has 0 unspecified atom stereocenters. The number of nitrogens with zero attached hydrogens (tertiary/aromatic N) is 2. The summed E-state index contributed by atoms with van der Waals surface area (Å²) in [6.07, 6.45) is 2.18. The van der Waals surface area contributed by atoms with Crippen LogP contribution in [0.25, 0.3) is 0 Å². The number of thiocarbonyl (C=S) groups is 1. The molecule has 2 heterocycles. The SMILES string of the molecule is CCCCNC(=S)N1CCN(S(=O)(=O)c2ccc3c(c2)OCCO3)CC1. The first-order valence-electron chi connectivity index (χ1n) is 8.95. The second-order valence-electron chi connectivity index (χ2n) is 6.28. The van der Waals surface area contributed by atoms with E-state index in [1.54, 1.807) is 18.2 Å². The summed E-state index contributed by atoms with van der Waals surface area (Å²) >= 11 is 5.40. The average molecular weight is 400 g/mol. The van der Waals surface area contributed by atoms with Crippen molar-refractivity contribution >= 4 is 27.4 Å². The molecule has 1 fully saturated rings. The molecule has 1 saturated heterocycles. The molecule has 1 aromatic rings. The van der Waals surface area contributed by atoms with E-state index in [0.717, 1.165) is 19.4 Å². The van der Waals surface area contributed by atoms with Crippen molar-refractivity contribution in [3.63, 3.8) is 0 Å². The quantitative estimate of drug-likeness (QED) is 0.593.